The summed E-state index contributed by atoms with van der Waals surface area (Å²) in [4.78, 5) is 2.69. The lowest BCUT2D eigenvalue weighted by Gasteiger charge is -2.37. The van der Waals surface area contributed by atoms with Gasteiger partial charge in [-0.3, -0.25) is 0 Å². The molecule has 1 atom stereocenters. The average Bonchev–Trinajstić information content (AvgIpc) is 3.14. The molecule has 0 radical (unpaired) electrons. The second kappa shape index (κ2) is 6.36. The van der Waals surface area contributed by atoms with Gasteiger partial charge in [0.05, 0.1) is 17.3 Å². The molecule has 1 unspecified atom stereocenters. The Labute approximate surface area is 142 Å². The average molecular weight is 341 g/mol. The number of rotatable bonds is 4. The van der Waals surface area contributed by atoms with Crippen LogP contribution in [0.5, 0.6) is 0 Å². The Balaban J connectivity index is 2.18. The number of nitrogens with zero attached hydrogens (tertiary/aromatic N) is 1. The number of nitrogens with one attached hydrogen (secondary N) is 2. The molecule has 0 saturated carbocycles. The Morgan fingerprint density at radius 2 is 1.56 bits per heavy atom. The predicted molar refractivity (Wildman–Crippen MR) is 88.8 cm³/mol. The molecule has 0 aliphatic heterocycles. The molecule has 3 aromatic rings. The van der Waals surface area contributed by atoms with Crippen molar-refractivity contribution < 1.29 is 13.2 Å². The van der Waals surface area contributed by atoms with Crippen LogP contribution in [0.3, 0.4) is 0 Å². The van der Waals surface area contributed by atoms with E-state index < -0.39 is 11.7 Å². The third-order valence-corrected chi connectivity index (χ3v) is 3.98. The minimum absolute atomic E-state index is 0.0180. The highest BCUT2D eigenvalue weighted by Crippen LogP contribution is 2.46. The summed E-state index contributed by atoms with van der Waals surface area (Å²) in [5.41, 5.74) is -1.76. The van der Waals surface area contributed by atoms with Crippen molar-refractivity contribution in [3.05, 3.63) is 89.7 Å². The first-order valence-electron chi connectivity index (χ1n) is 7.52. The van der Waals surface area contributed by atoms with Crippen molar-refractivity contribution in [3.63, 3.8) is 0 Å². The van der Waals surface area contributed by atoms with Crippen LogP contribution in [0.4, 0.5) is 18.9 Å². The number of anilines is 1. The minimum Gasteiger partial charge on any atom is -0.363 e. The van der Waals surface area contributed by atoms with Gasteiger partial charge in [0, 0.05) is 11.9 Å². The summed E-state index contributed by atoms with van der Waals surface area (Å²) >= 11 is 0. The van der Waals surface area contributed by atoms with E-state index in [9.17, 15) is 13.2 Å². The first-order valence-corrected chi connectivity index (χ1v) is 7.52. The summed E-state index contributed by atoms with van der Waals surface area (Å²) in [6.07, 6.45) is -3.16. The highest BCUT2D eigenvalue weighted by molar-refractivity contribution is 5.55. The van der Waals surface area contributed by atoms with Crippen molar-refractivity contribution in [3.8, 4) is 6.07 Å². The van der Waals surface area contributed by atoms with Crippen LogP contribution in [-0.4, -0.2) is 11.2 Å². The summed E-state index contributed by atoms with van der Waals surface area (Å²) in [6.45, 7) is 0. The summed E-state index contributed by atoms with van der Waals surface area (Å²) in [6, 6.07) is 18.4. The van der Waals surface area contributed by atoms with Crippen molar-refractivity contribution >= 4 is 5.69 Å². The van der Waals surface area contributed by atoms with Gasteiger partial charge in [-0.1, -0.05) is 30.3 Å². The molecule has 0 fully saturated rings. The summed E-state index contributed by atoms with van der Waals surface area (Å²) in [5.74, 6) is 0. The Kier molecular flexibility index (Phi) is 4.24. The maximum absolute atomic E-state index is 14.3. The lowest BCUT2D eigenvalue weighted by molar-refractivity contribution is -0.171. The fraction of sp³-hybridized carbons (Fsp3) is 0.105. The summed E-state index contributed by atoms with van der Waals surface area (Å²) in [7, 11) is 0. The monoisotopic (exact) mass is 341 g/mol. The zero-order chi connectivity index (χ0) is 17.9. The molecule has 3 rings (SSSR count). The van der Waals surface area contributed by atoms with Gasteiger partial charge in [-0.25, -0.2) is 0 Å². The zero-order valence-electron chi connectivity index (χ0n) is 13.0. The van der Waals surface area contributed by atoms with Crippen LogP contribution in [-0.2, 0) is 5.54 Å². The molecule has 25 heavy (non-hydrogen) atoms. The second-order valence-electron chi connectivity index (χ2n) is 5.51. The highest BCUT2D eigenvalue weighted by atomic mass is 19.4. The van der Waals surface area contributed by atoms with Crippen LogP contribution in [0.2, 0.25) is 0 Å². The number of benzene rings is 2. The second-order valence-corrected chi connectivity index (χ2v) is 5.51. The molecule has 0 saturated heterocycles. The quantitative estimate of drug-likeness (QED) is 0.716. The number of halogens is 3. The van der Waals surface area contributed by atoms with Crippen molar-refractivity contribution in [2.75, 3.05) is 5.32 Å². The Morgan fingerprint density at radius 3 is 2.08 bits per heavy atom. The van der Waals surface area contributed by atoms with Crippen LogP contribution in [0.15, 0.2) is 72.9 Å². The third kappa shape index (κ3) is 2.96. The fourth-order valence-electron chi connectivity index (χ4n) is 2.78. The molecule has 126 valence electrons. The molecule has 0 amide bonds. The number of aromatic nitrogens is 1. The van der Waals surface area contributed by atoms with Crippen molar-refractivity contribution in [2.24, 2.45) is 0 Å². The van der Waals surface area contributed by atoms with E-state index >= 15 is 0 Å². The van der Waals surface area contributed by atoms with Crippen molar-refractivity contribution in [1.29, 1.82) is 5.26 Å². The predicted octanol–water partition coefficient (Wildman–Crippen LogP) is 4.80. The lowest BCUT2D eigenvalue weighted by Crippen LogP contribution is -2.50. The Morgan fingerprint density at radius 1 is 0.880 bits per heavy atom. The van der Waals surface area contributed by atoms with Gasteiger partial charge in [-0.2, -0.15) is 18.4 Å². The maximum atomic E-state index is 14.3. The first kappa shape index (κ1) is 16.7. The summed E-state index contributed by atoms with van der Waals surface area (Å²) < 4.78 is 43.0. The van der Waals surface area contributed by atoms with E-state index in [1.54, 1.807) is 18.2 Å². The highest BCUT2D eigenvalue weighted by Gasteiger charge is 2.58. The summed E-state index contributed by atoms with van der Waals surface area (Å²) in [5, 5.41) is 11.5. The van der Waals surface area contributed by atoms with Gasteiger partial charge >= 0.3 is 6.18 Å². The Bertz CT molecular complexity index is 863. The molecule has 0 spiro atoms. The molecule has 0 aliphatic rings. The number of nitriles is 1. The number of hydrogen-bond acceptors (Lipinski definition) is 2. The van der Waals surface area contributed by atoms with Crippen molar-refractivity contribution in [1.82, 2.24) is 4.98 Å². The van der Waals surface area contributed by atoms with E-state index in [0.717, 1.165) is 0 Å². The molecule has 6 heteroatoms. The van der Waals surface area contributed by atoms with E-state index in [1.807, 2.05) is 6.07 Å². The molecule has 3 nitrogen and oxygen atoms in total. The van der Waals surface area contributed by atoms with Crippen LogP contribution in [0.25, 0.3) is 0 Å². The molecular formula is C19H14F3N3. The Hall–Kier alpha value is -3.20. The maximum Gasteiger partial charge on any atom is 0.421 e. The minimum atomic E-state index is -4.62. The number of H-pyrrole nitrogens is 1. The van der Waals surface area contributed by atoms with E-state index in [1.165, 1.54) is 54.7 Å². The first-order chi connectivity index (χ1) is 12.0. The van der Waals surface area contributed by atoms with Crippen LogP contribution in [0.1, 0.15) is 16.8 Å². The largest absolute Gasteiger partial charge is 0.421 e. The van der Waals surface area contributed by atoms with Crippen LogP contribution in [0, 0.1) is 11.3 Å². The molecule has 1 aromatic heterocycles. The van der Waals surface area contributed by atoms with Crippen LogP contribution < -0.4 is 5.32 Å². The SMILES string of the molecule is N#Cc1ccc(NC(c2ccccc2)(c2ccc[nH]2)C(F)(F)F)cc1. The normalized spacial score (nSPS) is 13.7. The standard InChI is InChI=1S/C19H14F3N3/c20-19(21,22)18(17-7-4-12-24-17,15-5-2-1-3-6-15)25-16-10-8-14(13-23)9-11-16/h1-12,24-25H. The number of hydrogen-bond donors (Lipinski definition) is 2. The van der Waals surface area contributed by atoms with E-state index in [4.69, 9.17) is 5.26 Å². The number of aromatic amines is 1. The molecule has 2 N–H and O–H groups in total. The zero-order valence-corrected chi connectivity index (χ0v) is 13.0. The molecular weight excluding hydrogens is 327 g/mol. The van der Waals surface area contributed by atoms with Gasteiger partial charge in [-0.15, -0.1) is 0 Å². The van der Waals surface area contributed by atoms with Gasteiger partial charge in [-0.05, 0) is 42.0 Å². The molecule has 1 heterocycles. The van der Waals surface area contributed by atoms with Gasteiger partial charge in [0.25, 0.3) is 0 Å². The van der Waals surface area contributed by atoms with Gasteiger partial charge in [0.15, 0.2) is 5.54 Å². The van der Waals surface area contributed by atoms with Crippen LogP contribution >= 0.6 is 0 Å². The topological polar surface area (TPSA) is 51.6 Å². The molecule has 2 aromatic carbocycles. The van der Waals surface area contributed by atoms with E-state index in [-0.39, 0.29) is 16.9 Å². The van der Waals surface area contributed by atoms with Crippen molar-refractivity contribution in [2.45, 2.75) is 11.7 Å². The van der Waals surface area contributed by atoms with E-state index in [0.29, 0.717) is 5.56 Å². The van der Waals surface area contributed by atoms with E-state index in [2.05, 4.69) is 10.3 Å². The lowest BCUT2D eigenvalue weighted by atomic mass is 9.85. The van der Waals surface area contributed by atoms with Gasteiger partial charge < -0.3 is 10.3 Å². The van der Waals surface area contributed by atoms with Gasteiger partial charge in [0.2, 0.25) is 0 Å². The third-order valence-electron chi connectivity index (χ3n) is 3.98. The fourth-order valence-corrected chi connectivity index (χ4v) is 2.78. The smallest absolute Gasteiger partial charge is 0.363 e. The number of alkyl halides is 3. The molecule has 0 bridgehead atoms. The van der Waals surface area contributed by atoms with Gasteiger partial charge in [0.1, 0.15) is 0 Å². The molecule has 0 aliphatic carbocycles.